The minimum atomic E-state index is -0.814. The van der Waals surface area contributed by atoms with Crippen LogP contribution in [0.3, 0.4) is 0 Å². The molecule has 1 N–H and O–H groups in total. The molecule has 2 aliphatic rings. The van der Waals surface area contributed by atoms with Crippen LogP contribution in [0.2, 0.25) is 0 Å². The minimum absolute atomic E-state index is 0.0645. The largest absolute Gasteiger partial charge is 0.348 e. The van der Waals surface area contributed by atoms with Gasteiger partial charge in [-0.3, -0.25) is 14.6 Å². The summed E-state index contributed by atoms with van der Waals surface area (Å²) in [6.45, 7) is 1.78. The van der Waals surface area contributed by atoms with Crippen molar-refractivity contribution in [1.82, 2.24) is 30.0 Å². The molecular weight excluding hydrogens is 396 g/mol. The van der Waals surface area contributed by atoms with E-state index in [0.717, 1.165) is 5.56 Å². The van der Waals surface area contributed by atoms with E-state index in [1.807, 2.05) is 30.3 Å². The van der Waals surface area contributed by atoms with E-state index in [4.69, 9.17) is 0 Å². The molecule has 31 heavy (non-hydrogen) atoms. The fourth-order valence-corrected chi connectivity index (χ4v) is 4.58. The molecule has 2 aromatic rings. The molecule has 0 saturated carbocycles. The first-order valence-corrected chi connectivity index (χ1v) is 10.2. The smallest absolute Gasteiger partial charge is 0.317 e. The van der Waals surface area contributed by atoms with Crippen LogP contribution in [0.25, 0.3) is 0 Å². The molecule has 3 heterocycles. The number of carbonyl (C=O) groups excluding carboxylic acids is 3. The second kappa shape index (κ2) is 8.33. The predicted molar refractivity (Wildman–Crippen MR) is 113 cm³/mol. The summed E-state index contributed by atoms with van der Waals surface area (Å²) in [7, 11) is 3.42. The number of nitrogens with zero attached hydrogens (tertiary/aromatic N) is 5. The number of likely N-dealkylation sites (tertiary alicyclic amines) is 2. The quantitative estimate of drug-likeness (QED) is 0.788. The van der Waals surface area contributed by atoms with Gasteiger partial charge in [0.05, 0.1) is 11.6 Å². The van der Waals surface area contributed by atoms with Gasteiger partial charge in [0, 0.05) is 65.1 Å². The van der Waals surface area contributed by atoms with Crippen LogP contribution < -0.4 is 5.32 Å². The summed E-state index contributed by atoms with van der Waals surface area (Å²) in [5.74, 6) is -0.440. The molecule has 0 aliphatic carbocycles. The van der Waals surface area contributed by atoms with Crippen LogP contribution in [0.5, 0.6) is 0 Å². The van der Waals surface area contributed by atoms with Gasteiger partial charge in [-0.25, -0.2) is 9.78 Å². The molecule has 1 aromatic heterocycles. The summed E-state index contributed by atoms with van der Waals surface area (Å²) >= 11 is 0. The number of aromatic nitrogens is 2. The first kappa shape index (κ1) is 20.8. The van der Waals surface area contributed by atoms with E-state index in [0.29, 0.717) is 19.6 Å². The fourth-order valence-electron chi connectivity index (χ4n) is 4.58. The Morgan fingerprint density at radius 3 is 2.48 bits per heavy atom. The van der Waals surface area contributed by atoms with E-state index in [1.165, 1.54) is 18.6 Å². The maximum Gasteiger partial charge on any atom is 0.317 e. The van der Waals surface area contributed by atoms with Gasteiger partial charge in [0.2, 0.25) is 5.91 Å². The van der Waals surface area contributed by atoms with E-state index >= 15 is 0 Å². The van der Waals surface area contributed by atoms with Crippen molar-refractivity contribution in [2.45, 2.75) is 6.54 Å². The molecule has 2 aliphatic heterocycles. The van der Waals surface area contributed by atoms with Crippen molar-refractivity contribution in [3.05, 3.63) is 60.2 Å². The van der Waals surface area contributed by atoms with Crippen LogP contribution in [0.4, 0.5) is 4.79 Å². The van der Waals surface area contributed by atoms with E-state index in [9.17, 15) is 14.4 Å². The Labute approximate surface area is 181 Å². The third kappa shape index (κ3) is 3.95. The molecule has 2 atom stereocenters. The van der Waals surface area contributed by atoms with Gasteiger partial charge in [0.1, 0.15) is 5.69 Å². The molecule has 0 spiro atoms. The normalized spacial score (nSPS) is 22.2. The Bertz CT molecular complexity index is 968. The number of hydrogen-bond acceptors (Lipinski definition) is 5. The second-order valence-corrected chi connectivity index (χ2v) is 8.35. The van der Waals surface area contributed by atoms with Crippen LogP contribution in [-0.2, 0) is 11.3 Å². The summed E-state index contributed by atoms with van der Waals surface area (Å²) in [6.07, 6.45) is 4.42. The van der Waals surface area contributed by atoms with E-state index in [1.54, 1.807) is 28.8 Å². The highest BCUT2D eigenvalue weighted by molar-refractivity contribution is 5.94. The SMILES string of the molecule is CN(C)C(=O)[C@@]12CN(C(=O)NCc3ccccc3)C[C@@H]1CN(C(=O)c1cnccn1)C2. The van der Waals surface area contributed by atoms with Crippen LogP contribution >= 0.6 is 0 Å². The summed E-state index contributed by atoms with van der Waals surface area (Å²) in [4.78, 5) is 51.9. The predicted octanol–water partition coefficient (Wildman–Crippen LogP) is 0.849. The average molecular weight is 422 g/mol. The molecule has 2 fully saturated rings. The lowest BCUT2D eigenvalue weighted by Gasteiger charge is -2.30. The fraction of sp³-hybridized carbons (Fsp3) is 0.409. The third-order valence-corrected chi connectivity index (χ3v) is 6.08. The maximum atomic E-state index is 13.2. The summed E-state index contributed by atoms with van der Waals surface area (Å²) in [6, 6.07) is 9.48. The van der Waals surface area contributed by atoms with Crippen molar-refractivity contribution in [3.8, 4) is 0 Å². The highest BCUT2D eigenvalue weighted by Crippen LogP contribution is 2.44. The molecule has 4 amide bonds. The number of nitrogens with one attached hydrogen (secondary N) is 1. The van der Waals surface area contributed by atoms with Gasteiger partial charge in [-0.1, -0.05) is 30.3 Å². The molecule has 0 radical (unpaired) electrons. The maximum absolute atomic E-state index is 13.2. The summed E-state index contributed by atoms with van der Waals surface area (Å²) in [5.41, 5.74) is 0.452. The Morgan fingerprint density at radius 1 is 1.10 bits per heavy atom. The van der Waals surface area contributed by atoms with Gasteiger partial charge in [-0.15, -0.1) is 0 Å². The summed E-state index contributed by atoms with van der Waals surface area (Å²) < 4.78 is 0. The standard InChI is InChI=1S/C22H26N6O3/c1-26(2)20(30)22-14-27(19(29)18-11-23-8-9-24-18)12-17(22)13-28(15-22)21(31)25-10-16-6-4-3-5-7-16/h3-9,11,17H,10,12-15H2,1-2H3,(H,25,31)/t17-,22-/m0/s1. The molecule has 1 aromatic carbocycles. The Kier molecular flexibility index (Phi) is 5.58. The van der Waals surface area contributed by atoms with Crippen LogP contribution in [0.1, 0.15) is 16.1 Å². The zero-order valence-electron chi connectivity index (χ0n) is 17.7. The van der Waals surface area contributed by atoms with Gasteiger partial charge in [-0.2, -0.15) is 0 Å². The number of urea groups is 1. The average Bonchev–Trinajstić information content (AvgIpc) is 3.33. The Morgan fingerprint density at radius 2 is 1.81 bits per heavy atom. The number of benzene rings is 1. The number of amides is 4. The lowest BCUT2D eigenvalue weighted by Crippen LogP contribution is -2.49. The molecule has 0 unspecified atom stereocenters. The van der Waals surface area contributed by atoms with E-state index in [-0.39, 0.29) is 42.5 Å². The molecule has 9 heteroatoms. The van der Waals surface area contributed by atoms with E-state index < -0.39 is 5.41 Å². The zero-order valence-corrected chi connectivity index (χ0v) is 17.7. The number of rotatable bonds is 4. The van der Waals surface area contributed by atoms with Crippen molar-refractivity contribution in [1.29, 1.82) is 0 Å². The van der Waals surface area contributed by atoms with Crippen LogP contribution in [0.15, 0.2) is 48.9 Å². The van der Waals surface area contributed by atoms with Gasteiger partial charge in [0.25, 0.3) is 5.91 Å². The van der Waals surface area contributed by atoms with Gasteiger partial charge in [0.15, 0.2) is 0 Å². The molecule has 4 rings (SSSR count). The number of carbonyl (C=O) groups is 3. The first-order valence-electron chi connectivity index (χ1n) is 10.2. The monoisotopic (exact) mass is 422 g/mol. The molecular formula is C22H26N6O3. The van der Waals surface area contributed by atoms with Gasteiger partial charge < -0.3 is 20.0 Å². The highest BCUT2D eigenvalue weighted by Gasteiger charge is 2.59. The lowest BCUT2D eigenvalue weighted by atomic mass is 9.80. The highest BCUT2D eigenvalue weighted by atomic mass is 16.2. The van der Waals surface area contributed by atoms with Crippen molar-refractivity contribution >= 4 is 17.8 Å². The zero-order chi connectivity index (χ0) is 22.0. The third-order valence-electron chi connectivity index (χ3n) is 6.08. The van der Waals surface area contributed by atoms with Crippen molar-refractivity contribution in [2.24, 2.45) is 11.3 Å². The minimum Gasteiger partial charge on any atom is -0.348 e. The van der Waals surface area contributed by atoms with E-state index in [2.05, 4.69) is 15.3 Å². The topological polar surface area (TPSA) is 98.7 Å². The Hall–Kier alpha value is -3.49. The molecule has 0 bridgehead atoms. The van der Waals surface area contributed by atoms with Gasteiger partial charge in [-0.05, 0) is 5.56 Å². The number of hydrogen-bond donors (Lipinski definition) is 1. The number of fused-ring (bicyclic) bond motifs is 1. The van der Waals surface area contributed by atoms with Crippen LogP contribution in [-0.4, -0.2) is 82.8 Å². The molecule has 2 saturated heterocycles. The van der Waals surface area contributed by atoms with Crippen molar-refractivity contribution < 1.29 is 14.4 Å². The lowest BCUT2D eigenvalue weighted by molar-refractivity contribution is -0.139. The van der Waals surface area contributed by atoms with Crippen molar-refractivity contribution in [2.75, 3.05) is 40.3 Å². The second-order valence-electron chi connectivity index (χ2n) is 8.35. The van der Waals surface area contributed by atoms with Gasteiger partial charge >= 0.3 is 6.03 Å². The van der Waals surface area contributed by atoms with Crippen LogP contribution in [0, 0.1) is 11.3 Å². The molecule has 9 nitrogen and oxygen atoms in total. The molecule has 162 valence electrons. The first-order chi connectivity index (χ1) is 14.9. The Balaban J connectivity index is 1.48. The summed E-state index contributed by atoms with van der Waals surface area (Å²) in [5, 5.41) is 2.94. The van der Waals surface area contributed by atoms with Crippen molar-refractivity contribution in [3.63, 3.8) is 0 Å².